The number of rotatable bonds is 7. The smallest absolute Gasteiger partial charge is 0.434 e. The van der Waals surface area contributed by atoms with E-state index in [2.05, 4.69) is 16.0 Å². The van der Waals surface area contributed by atoms with Crippen molar-refractivity contribution < 1.29 is 17.9 Å². The van der Waals surface area contributed by atoms with Crippen molar-refractivity contribution in [2.24, 2.45) is 0 Å². The van der Waals surface area contributed by atoms with Gasteiger partial charge in [-0.15, -0.1) is 0 Å². The molecule has 0 atom stereocenters. The lowest BCUT2D eigenvalue weighted by Gasteiger charge is -2.13. The molecule has 0 spiro atoms. The fraction of sp³-hybridized carbons (Fsp3) is 0.267. The molecule has 2 aromatic carbocycles. The molecular weight excluding hydrogens is 503 g/mol. The van der Waals surface area contributed by atoms with Crippen LogP contribution in [0.4, 0.5) is 13.2 Å². The molecule has 1 fully saturated rings. The Morgan fingerprint density at radius 3 is 2.44 bits per heavy atom. The normalized spacial score (nSPS) is 13.8. The van der Waals surface area contributed by atoms with Crippen LogP contribution in [-0.2, 0) is 12.8 Å². The van der Waals surface area contributed by atoms with Crippen molar-refractivity contribution in [3.8, 4) is 28.7 Å². The van der Waals surface area contributed by atoms with Gasteiger partial charge in [0.2, 0.25) is 5.88 Å². The average molecular weight is 530 g/mol. The summed E-state index contributed by atoms with van der Waals surface area (Å²) < 4.78 is 47.6. The van der Waals surface area contributed by atoms with E-state index in [-0.39, 0.29) is 18.5 Å². The van der Waals surface area contributed by atoms with Crippen molar-refractivity contribution in [1.82, 2.24) is 24.5 Å². The molecule has 39 heavy (non-hydrogen) atoms. The number of nitrogens with zero attached hydrogens (tertiary/aromatic N) is 5. The van der Waals surface area contributed by atoms with Gasteiger partial charge in [-0.05, 0) is 55.9 Å². The summed E-state index contributed by atoms with van der Waals surface area (Å²) in [5.41, 5.74) is 3.32. The van der Waals surface area contributed by atoms with Gasteiger partial charge in [0.1, 0.15) is 12.4 Å². The van der Waals surface area contributed by atoms with E-state index in [1.165, 1.54) is 10.1 Å². The Labute approximate surface area is 223 Å². The van der Waals surface area contributed by atoms with Crippen LogP contribution >= 0.6 is 0 Å². The molecule has 0 amide bonds. The maximum absolute atomic E-state index is 13.3. The lowest BCUT2D eigenvalue weighted by Crippen LogP contribution is -2.05. The lowest BCUT2D eigenvalue weighted by molar-refractivity contribution is -0.140. The third-order valence-corrected chi connectivity index (χ3v) is 6.82. The molecule has 0 N–H and O–H groups in total. The predicted octanol–water partition coefficient (Wildman–Crippen LogP) is 7.61. The van der Waals surface area contributed by atoms with E-state index in [1.54, 1.807) is 18.3 Å². The molecule has 1 saturated carbocycles. The third kappa shape index (κ3) is 5.08. The summed E-state index contributed by atoms with van der Waals surface area (Å²) in [6.45, 7) is 3.87. The summed E-state index contributed by atoms with van der Waals surface area (Å²) in [4.78, 5) is 17.8. The van der Waals surface area contributed by atoms with Crippen molar-refractivity contribution in [1.29, 1.82) is 0 Å². The van der Waals surface area contributed by atoms with Crippen molar-refractivity contribution in [2.75, 3.05) is 0 Å². The third-order valence-electron chi connectivity index (χ3n) is 6.82. The number of alkyl halides is 3. The molecule has 5 aromatic rings. The van der Waals surface area contributed by atoms with Gasteiger partial charge in [-0.2, -0.15) is 18.2 Å². The molecular formula is C30H26F3N5O. The maximum atomic E-state index is 13.3. The molecule has 9 heteroatoms. The van der Waals surface area contributed by atoms with Crippen LogP contribution in [0.15, 0.2) is 73.1 Å². The second kappa shape index (κ2) is 9.80. The van der Waals surface area contributed by atoms with Crippen LogP contribution in [-0.4, -0.2) is 24.5 Å². The predicted molar refractivity (Wildman–Crippen MR) is 142 cm³/mol. The summed E-state index contributed by atoms with van der Waals surface area (Å²) >= 11 is 0. The molecule has 0 bridgehead atoms. The molecule has 0 unspecified atom stereocenters. The molecule has 0 aliphatic heterocycles. The molecule has 3 heterocycles. The molecule has 6 nitrogen and oxygen atoms in total. The highest BCUT2D eigenvalue weighted by Crippen LogP contribution is 2.44. The fourth-order valence-corrected chi connectivity index (χ4v) is 4.66. The molecule has 0 saturated heterocycles. The number of aromatic nitrogens is 5. The zero-order valence-electron chi connectivity index (χ0n) is 21.5. The Morgan fingerprint density at radius 1 is 0.949 bits per heavy atom. The number of hydrogen-bond donors (Lipinski definition) is 0. The van der Waals surface area contributed by atoms with Crippen LogP contribution in [0.5, 0.6) is 5.88 Å². The van der Waals surface area contributed by atoms with Crippen LogP contribution in [0.3, 0.4) is 0 Å². The Balaban J connectivity index is 1.28. The molecule has 1 aliphatic carbocycles. The summed E-state index contributed by atoms with van der Waals surface area (Å²) in [6, 6.07) is 18.9. The van der Waals surface area contributed by atoms with Gasteiger partial charge in [0.25, 0.3) is 0 Å². The number of benzene rings is 2. The van der Waals surface area contributed by atoms with Gasteiger partial charge in [-0.3, -0.25) is 0 Å². The van der Waals surface area contributed by atoms with Crippen LogP contribution in [0.2, 0.25) is 0 Å². The van der Waals surface area contributed by atoms with Crippen molar-refractivity contribution in [3.05, 3.63) is 89.9 Å². The minimum atomic E-state index is -4.50. The second-order valence-corrected chi connectivity index (χ2v) is 10.0. The quantitative estimate of drug-likeness (QED) is 0.217. The first-order chi connectivity index (χ1) is 18.8. The van der Waals surface area contributed by atoms with Gasteiger partial charge < -0.3 is 9.30 Å². The standard InChI is InChI=1S/C30H26F3N5O/c1-18(2)38-16-25(30(31,32)33)35-28(38)21-11-9-19(10-12-21)17-39-29-24-8-5-15-34-26(24)36-27(37-29)23-7-4-3-6-22(23)20-13-14-20/h3-12,15-16,18,20H,13-14,17H2,1-2H3. The monoisotopic (exact) mass is 529 g/mol. The van der Waals surface area contributed by atoms with E-state index >= 15 is 0 Å². The Morgan fingerprint density at radius 2 is 1.72 bits per heavy atom. The van der Waals surface area contributed by atoms with Crippen molar-refractivity contribution >= 4 is 11.0 Å². The van der Waals surface area contributed by atoms with E-state index < -0.39 is 11.9 Å². The minimum Gasteiger partial charge on any atom is -0.472 e. The maximum Gasteiger partial charge on any atom is 0.434 e. The van der Waals surface area contributed by atoms with Gasteiger partial charge in [-0.1, -0.05) is 48.5 Å². The topological polar surface area (TPSA) is 65.7 Å². The number of fused-ring (bicyclic) bond motifs is 1. The summed E-state index contributed by atoms with van der Waals surface area (Å²) in [5, 5.41) is 0.709. The van der Waals surface area contributed by atoms with Gasteiger partial charge in [0.15, 0.2) is 17.2 Å². The van der Waals surface area contributed by atoms with E-state index in [0.717, 1.165) is 30.2 Å². The van der Waals surface area contributed by atoms with Gasteiger partial charge >= 0.3 is 6.18 Å². The lowest BCUT2D eigenvalue weighted by atomic mass is 10.0. The molecule has 1 aliphatic rings. The van der Waals surface area contributed by atoms with Crippen LogP contribution < -0.4 is 4.74 Å². The zero-order chi connectivity index (χ0) is 27.1. The van der Waals surface area contributed by atoms with E-state index in [9.17, 15) is 13.2 Å². The van der Waals surface area contributed by atoms with Gasteiger partial charge in [-0.25, -0.2) is 15.0 Å². The Kier molecular flexibility index (Phi) is 6.29. The zero-order valence-corrected chi connectivity index (χ0v) is 21.5. The van der Waals surface area contributed by atoms with E-state index in [1.807, 2.05) is 56.3 Å². The SMILES string of the molecule is CC(C)n1cc(C(F)(F)F)nc1-c1ccc(COc2nc(-c3ccccc3C3CC3)nc3ncccc23)cc1. The van der Waals surface area contributed by atoms with Gasteiger partial charge in [0, 0.05) is 29.6 Å². The number of pyridine rings is 1. The number of ether oxygens (including phenoxy) is 1. The highest BCUT2D eigenvalue weighted by Gasteiger charge is 2.35. The Bertz CT molecular complexity index is 1640. The number of hydrogen-bond acceptors (Lipinski definition) is 5. The van der Waals surface area contributed by atoms with Crippen molar-refractivity contribution in [2.45, 2.75) is 51.4 Å². The summed E-state index contributed by atoms with van der Waals surface area (Å²) in [6.07, 6.45) is 0.577. The van der Waals surface area contributed by atoms with Crippen LogP contribution in [0.25, 0.3) is 33.8 Å². The first-order valence-electron chi connectivity index (χ1n) is 12.9. The average Bonchev–Trinajstić information content (AvgIpc) is 3.67. The minimum absolute atomic E-state index is 0.175. The molecule has 3 aromatic heterocycles. The molecule has 6 rings (SSSR count). The highest BCUT2D eigenvalue weighted by atomic mass is 19.4. The number of halogens is 3. The first kappa shape index (κ1) is 25.0. The summed E-state index contributed by atoms with van der Waals surface area (Å²) in [5.74, 6) is 1.82. The number of imidazole rings is 1. The Hall–Kier alpha value is -4.27. The fourth-order valence-electron chi connectivity index (χ4n) is 4.66. The highest BCUT2D eigenvalue weighted by molar-refractivity contribution is 5.82. The van der Waals surface area contributed by atoms with Crippen molar-refractivity contribution in [3.63, 3.8) is 0 Å². The molecule has 198 valence electrons. The van der Waals surface area contributed by atoms with E-state index in [4.69, 9.17) is 14.7 Å². The summed E-state index contributed by atoms with van der Waals surface area (Å²) in [7, 11) is 0. The molecule has 0 radical (unpaired) electrons. The van der Waals surface area contributed by atoms with Crippen LogP contribution in [0.1, 0.15) is 55.5 Å². The second-order valence-electron chi connectivity index (χ2n) is 10.0. The van der Waals surface area contributed by atoms with E-state index in [0.29, 0.717) is 34.2 Å². The van der Waals surface area contributed by atoms with Crippen LogP contribution in [0, 0.1) is 0 Å². The first-order valence-corrected chi connectivity index (χ1v) is 12.9. The van der Waals surface area contributed by atoms with Gasteiger partial charge in [0.05, 0.1) is 5.39 Å². The largest absolute Gasteiger partial charge is 0.472 e.